The number of epoxide rings is 1. The van der Waals surface area contributed by atoms with E-state index in [2.05, 4.69) is 10.1 Å². The van der Waals surface area contributed by atoms with Gasteiger partial charge in [-0.2, -0.15) is 0 Å². The summed E-state index contributed by atoms with van der Waals surface area (Å²) in [7, 11) is 0. The largest absolute Gasteiger partial charge is 0.383 e. The van der Waals surface area contributed by atoms with Crippen LogP contribution in [0.25, 0.3) is 0 Å². The average Bonchev–Trinajstić information content (AvgIpc) is 3.33. The fourth-order valence-corrected chi connectivity index (χ4v) is 3.89. The van der Waals surface area contributed by atoms with Crippen molar-refractivity contribution in [1.29, 1.82) is 0 Å². The zero-order valence-corrected chi connectivity index (χ0v) is 12.2. The maximum absolute atomic E-state index is 10.4. The number of hydrogen-bond donors (Lipinski definition) is 2. The van der Waals surface area contributed by atoms with Crippen LogP contribution in [-0.2, 0) is 22.3 Å². The first-order valence-corrected chi connectivity index (χ1v) is 7.89. The molecule has 0 bridgehead atoms. The maximum Gasteiger partial charge on any atom is 0.154 e. The SMILES string of the molecule is C[C@@H](N)C1OC1N1Cc2onc(C3(O)CC3)c2C2(CC2)C1. The fourth-order valence-electron chi connectivity index (χ4n) is 3.89. The molecule has 1 aromatic heterocycles. The van der Waals surface area contributed by atoms with Crippen molar-refractivity contribution in [3.8, 4) is 0 Å². The van der Waals surface area contributed by atoms with Gasteiger partial charge < -0.3 is 20.1 Å². The van der Waals surface area contributed by atoms with Gasteiger partial charge in [-0.05, 0) is 32.6 Å². The first-order chi connectivity index (χ1) is 10.0. The Morgan fingerprint density at radius 3 is 2.71 bits per heavy atom. The molecule has 1 saturated heterocycles. The van der Waals surface area contributed by atoms with Crippen LogP contribution in [0, 0.1) is 0 Å². The first-order valence-electron chi connectivity index (χ1n) is 7.89. The van der Waals surface area contributed by atoms with Gasteiger partial charge in [-0.1, -0.05) is 5.16 Å². The average molecular weight is 291 g/mol. The number of aliphatic hydroxyl groups is 1. The molecule has 3 atom stereocenters. The second-order valence-corrected chi connectivity index (χ2v) is 7.40. The third-order valence-corrected chi connectivity index (χ3v) is 5.54. The Morgan fingerprint density at radius 1 is 1.38 bits per heavy atom. The molecule has 0 aromatic carbocycles. The van der Waals surface area contributed by atoms with Crippen molar-refractivity contribution in [1.82, 2.24) is 10.1 Å². The van der Waals surface area contributed by atoms with Crippen LogP contribution in [0.15, 0.2) is 4.52 Å². The maximum atomic E-state index is 10.4. The number of aromatic nitrogens is 1. The van der Waals surface area contributed by atoms with Crippen molar-refractivity contribution in [2.75, 3.05) is 6.54 Å². The number of rotatable bonds is 3. The predicted octanol–water partition coefficient (Wildman–Crippen LogP) is 0.575. The Bertz CT molecular complexity index is 603. The van der Waals surface area contributed by atoms with E-state index in [0.29, 0.717) is 6.54 Å². The van der Waals surface area contributed by atoms with Crippen molar-refractivity contribution in [2.45, 2.75) is 68.5 Å². The molecule has 4 aliphatic rings. The van der Waals surface area contributed by atoms with Crippen molar-refractivity contribution >= 4 is 0 Å². The van der Waals surface area contributed by atoms with E-state index in [4.69, 9.17) is 15.0 Å². The van der Waals surface area contributed by atoms with Crippen LogP contribution >= 0.6 is 0 Å². The predicted molar refractivity (Wildman–Crippen MR) is 73.3 cm³/mol. The van der Waals surface area contributed by atoms with Gasteiger partial charge in [0.1, 0.15) is 23.6 Å². The quantitative estimate of drug-likeness (QED) is 0.792. The lowest BCUT2D eigenvalue weighted by molar-refractivity contribution is 0.124. The van der Waals surface area contributed by atoms with E-state index in [1.54, 1.807) is 0 Å². The van der Waals surface area contributed by atoms with Crippen LogP contribution in [0.3, 0.4) is 0 Å². The molecule has 2 saturated carbocycles. The Hall–Kier alpha value is -0.950. The second kappa shape index (κ2) is 3.68. The molecular formula is C15H21N3O3. The summed E-state index contributed by atoms with van der Waals surface area (Å²) in [6.45, 7) is 3.67. The number of fused-ring (bicyclic) bond motifs is 2. The standard InChI is InChI=1S/C15H21N3O3/c1-8(16)11-13(20-11)18-6-9-10(14(7-18)2-3-14)12(17-21-9)15(19)4-5-15/h8,11,13,19H,2-7,16H2,1H3/t8-,11?,13?/m1/s1. The van der Waals surface area contributed by atoms with Gasteiger partial charge >= 0.3 is 0 Å². The second-order valence-electron chi connectivity index (χ2n) is 7.40. The van der Waals surface area contributed by atoms with Gasteiger partial charge in [-0.3, -0.25) is 4.90 Å². The van der Waals surface area contributed by atoms with Crippen LogP contribution in [0.1, 0.15) is 49.6 Å². The third kappa shape index (κ3) is 1.70. The molecular weight excluding hydrogens is 270 g/mol. The molecule has 3 N–H and O–H groups in total. The zero-order chi connectivity index (χ0) is 14.4. The molecule has 6 heteroatoms. The molecule has 2 unspecified atom stereocenters. The van der Waals surface area contributed by atoms with Gasteiger partial charge in [-0.15, -0.1) is 0 Å². The molecule has 2 aliphatic carbocycles. The molecule has 0 radical (unpaired) electrons. The van der Waals surface area contributed by atoms with Gasteiger partial charge in [0.25, 0.3) is 0 Å². The van der Waals surface area contributed by atoms with E-state index in [0.717, 1.165) is 43.7 Å². The van der Waals surface area contributed by atoms with Gasteiger partial charge in [-0.25, -0.2) is 0 Å². The third-order valence-electron chi connectivity index (χ3n) is 5.54. The topological polar surface area (TPSA) is 88.0 Å². The fraction of sp³-hybridized carbons (Fsp3) is 0.800. The molecule has 0 amide bonds. The van der Waals surface area contributed by atoms with Gasteiger partial charge in [0.05, 0.1) is 6.54 Å². The minimum absolute atomic E-state index is 0.0593. The normalized spacial score (nSPS) is 36.3. The highest BCUT2D eigenvalue weighted by Crippen LogP contribution is 2.58. The molecule has 1 aromatic rings. The van der Waals surface area contributed by atoms with E-state index < -0.39 is 5.60 Å². The number of nitrogens with two attached hydrogens (primary N) is 1. The zero-order valence-electron chi connectivity index (χ0n) is 12.2. The first kappa shape index (κ1) is 12.6. The van der Waals surface area contributed by atoms with Crippen molar-refractivity contribution < 1.29 is 14.4 Å². The number of hydrogen-bond acceptors (Lipinski definition) is 6. The molecule has 6 nitrogen and oxygen atoms in total. The summed E-state index contributed by atoms with van der Waals surface area (Å²) in [5.41, 5.74) is 7.37. The van der Waals surface area contributed by atoms with Crippen LogP contribution < -0.4 is 5.73 Å². The number of nitrogens with zero attached hydrogens (tertiary/aromatic N) is 2. The summed E-state index contributed by atoms with van der Waals surface area (Å²) in [6, 6.07) is 0.0593. The van der Waals surface area contributed by atoms with Crippen LogP contribution in [0.4, 0.5) is 0 Å². The number of ether oxygens (including phenoxy) is 1. The van der Waals surface area contributed by atoms with E-state index in [1.165, 1.54) is 5.56 Å². The van der Waals surface area contributed by atoms with E-state index >= 15 is 0 Å². The molecule has 5 rings (SSSR count). The van der Waals surface area contributed by atoms with Gasteiger partial charge in [0.15, 0.2) is 5.76 Å². The molecule has 3 heterocycles. The highest BCUT2D eigenvalue weighted by atomic mass is 16.6. The minimum atomic E-state index is -0.709. The molecule has 114 valence electrons. The molecule has 2 aliphatic heterocycles. The van der Waals surface area contributed by atoms with Crippen molar-refractivity contribution in [3.05, 3.63) is 17.0 Å². The lowest BCUT2D eigenvalue weighted by atomic mass is 9.87. The van der Waals surface area contributed by atoms with Crippen LogP contribution in [0.2, 0.25) is 0 Å². The van der Waals surface area contributed by atoms with E-state index in [1.807, 2.05) is 6.92 Å². The van der Waals surface area contributed by atoms with E-state index in [9.17, 15) is 5.11 Å². The highest BCUT2D eigenvalue weighted by molar-refractivity contribution is 5.44. The van der Waals surface area contributed by atoms with Crippen molar-refractivity contribution in [3.63, 3.8) is 0 Å². The Labute approximate surface area is 123 Å². The summed E-state index contributed by atoms with van der Waals surface area (Å²) in [6.07, 6.45) is 4.17. The summed E-state index contributed by atoms with van der Waals surface area (Å²) in [5, 5.41) is 14.6. The Morgan fingerprint density at radius 2 is 2.14 bits per heavy atom. The molecule has 21 heavy (non-hydrogen) atoms. The molecule has 1 spiro atoms. The minimum Gasteiger partial charge on any atom is -0.383 e. The Balaban J connectivity index is 1.47. The monoisotopic (exact) mass is 291 g/mol. The smallest absolute Gasteiger partial charge is 0.154 e. The van der Waals surface area contributed by atoms with Gasteiger partial charge in [0.2, 0.25) is 0 Å². The molecule has 3 fully saturated rings. The highest BCUT2D eigenvalue weighted by Gasteiger charge is 2.60. The van der Waals surface area contributed by atoms with Crippen LogP contribution in [-0.4, -0.2) is 40.1 Å². The summed E-state index contributed by atoms with van der Waals surface area (Å²) < 4.78 is 11.3. The van der Waals surface area contributed by atoms with E-state index in [-0.39, 0.29) is 23.8 Å². The van der Waals surface area contributed by atoms with Crippen molar-refractivity contribution in [2.24, 2.45) is 5.73 Å². The lowest BCUT2D eigenvalue weighted by Gasteiger charge is -2.31. The summed E-state index contributed by atoms with van der Waals surface area (Å²) in [4.78, 5) is 2.33. The lowest BCUT2D eigenvalue weighted by Crippen LogP contribution is -2.42. The van der Waals surface area contributed by atoms with Gasteiger partial charge in [0, 0.05) is 23.6 Å². The summed E-state index contributed by atoms with van der Waals surface area (Å²) >= 11 is 0. The van der Waals surface area contributed by atoms with Crippen LogP contribution in [0.5, 0.6) is 0 Å². The Kier molecular flexibility index (Phi) is 2.21. The summed E-state index contributed by atoms with van der Waals surface area (Å²) in [5.74, 6) is 0.924.